The molecule has 5 aliphatic rings. The molecule has 322 valence electrons. The standard InChI is InChI=1S/C33H40F18O4/c1-4-26(31(43,44)45,21(55-53)25-12-16-9-17(13-25)11-18(10-16)14-25)15-23(2,28(34,35)36)54-22(52)27(32(46,47)48,33(49,50)51)20-7-5-19(6-8-20)24(3,29(37,38)39)30(40,41)42/h16-21,53H,4-15H2,1-3H3. The predicted molar refractivity (Wildman–Crippen MR) is 152 cm³/mol. The molecule has 3 atom stereocenters. The van der Waals surface area contributed by atoms with Crippen LogP contribution in [0.15, 0.2) is 0 Å². The number of hydrogen-bond donors (Lipinski definition) is 1. The quantitative estimate of drug-likeness (QED) is 0.103. The zero-order chi connectivity index (χ0) is 42.4. The van der Waals surface area contributed by atoms with Crippen molar-refractivity contribution in [2.24, 2.45) is 51.2 Å². The van der Waals surface area contributed by atoms with E-state index in [1.54, 1.807) is 0 Å². The third-order valence-corrected chi connectivity index (χ3v) is 13.6. The van der Waals surface area contributed by atoms with Gasteiger partial charge in [0.2, 0.25) is 5.60 Å². The van der Waals surface area contributed by atoms with Gasteiger partial charge in [-0.05, 0) is 114 Å². The van der Waals surface area contributed by atoms with Crippen LogP contribution in [0.4, 0.5) is 79.0 Å². The summed E-state index contributed by atoms with van der Waals surface area (Å²) in [4.78, 5) is 17.8. The van der Waals surface area contributed by atoms with Gasteiger partial charge in [0.1, 0.15) is 6.10 Å². The largest absolute Gasteiger partial charge is 0.449 e. The fraction of sp³-hybridized carbons (Fsp3) is 0.970. The Bertz CT molecular complexity index is 1320. The molecule has 5 aliphatic carbocycles. The molecule has 5 rings (SSSR count). The third-order valence-electron chi connectivity index (χ3n) is 13.6. The molecule has 4 nitrogen and oxygen atoms in total. The summed E-state index contributed by atoms with van der Waals surface area (Å²) >= 11 is 0. The second-order valence-electron chi connectivity index (χ2n) is 16.6. The van der Waals surface area contributed by atoms with Crippen LogP contribution in [0.5, 0.6) is 0 Å². The number of alkyl halides is 18. The smallest absolute Gasteiger partial charge is 0.428 e. The van der Waals surface area contributed by atoms with E-state index in [0.29, 0.717) is 26.2 Å². The Morgan fingerprint density at radius 3 is 1.29 bits per heavy atom. The highest BCUT2D eigenvalue weighted by Gasteiger charge is 2.82. The van der Waals surface area contributed by atoms with Crippen molar-refractivity contribution in [2.45, 2.75) is 147 Å². The third kappa shape index (κ3) is 7.17. The molecule has 1 N–H and O–H groups in total. The number of hydrogen-bond acceptors (Lipinski definition) is 4. The van der Waals surface area contributed by atoms with Gasteiger partial charge in [0.15, 0.2) is 5.41 Å². The van der Waals surface area contributed by atoms with Crippen molar-refractivity contribution in [3.63, 3.8) is 0 Å². The van der Waals surface area contributed by atoms with Crippen LogP contribution in [0.2, 0.25) is 0 Å². The van der Waals surface area contributed by atoms with E-state index >= 15 is 13.2 Å². The number of rotatable bonds is 10. The Morgan fingerprint density at radius 2 is 1.00 bits per heavy atom. The number of carbonyl (C=O) groups excluding carboxylic acids is 1. The molecular formula is C33H40F18O4. The van der Waals surface area contributed by atoms with Crippen LogP contribution in [0, 0.1) is 51.2 Å². The summed E-state index contributed by atoms with van der Waals surface area (Å²) in [5, 5.41) is 10.1. The van der Waals surface area contributed by atoms with E-state index in [2.05, 4.69) is 9.62 Å². The van der Waals surface area contributed by atoms with Crippen LogP contribution in [0.25, 0.3) is 0 Å². The van der Waals surface area contributed by atoms with Gasteiger partial charge in [0.25, 0.3) is 5.41 Å². The summed E-state index contributed by atoms with van der Waals surface area (Å²) in [6.07, 6.45) is -50.6. The van der Waals surface area contributed by atoms with Gasteiger partial charge < -0.3 is 4.74 Å². The summed E-state index contributed by atoms with van der Waals surface area (Å²) in [5.74, 6) is -10.5. The molecule has 0 spiro atoms. The summed E-state index contributed by atoms with van der Waals surface area (Å²) in [6.45, 7) is -0.0423. The summed E-state index contributed by atoms with van der Waals surface area (Å²) in [6, 6.07) is 0. The second kappa shape index (κ2) is 13.9. The minimum absolute atomic E-state index is 0.0682. The van der Waals surface area contributed by atoms with Crippen molar-refractivity contribution in [1.29, 1.82) is 0 Å². The van der Waals surface area contributed by atoms with E-state index in [0.717, 1.165) is 0 Å². The molecule has 0 aromatic heterocycles. The normalized spacial score (nSPS) is 31.5. The van der Waals surface area contributed by atoms with Crippen LogP contribution in [-0.2, 0) is 14.4 Å². The first kappa shape index (κ1) is 45.8. The van der Waals surface area contributed by atoms with E-state index in [1.807, 2.05) is 0 Å². The first-order chi connectivity index (χ1) is 24.5. The van der Waals surface area contributed by atoms with Crippen LogP contribution in [0.1, 0.15) is 97.8 Å². The van der Waals surface area contributed by atoms with Crippen molar-refractivity contribution in [3.8, 4) is 0 Å². The highest BCUT2D eigenvalue weighted by molar-refractivity contribution is 5.80. The van der Waals surface area contributed by atoms with E-state index in [9.17, 15) is 75.9 Å². The molecule has 0 amide bonds. The molecule has 0 saturated heterocycles. The van der Waals surface area contributed by atoms with Crippen LogP contribution in [-0.4, -0.2) is 60.0 Å². The highest BCUT2D eigenvalue weighted by atomic mass is 19.4. The van der Waals surface area contributed by atoms with Gasteiger partial charge in [-0.3, -0.25) is 10.1 Å². The molecule has 0 aromatic rings. The van der Waals surface area contributed by atoms with Gasteiger partial charge in [-0.2, -0.15) is 79.0 Å². The highest BCUT2D eigenvalue weighted by Crippen LogP contribution is 2.68. The topological polar surface area (TPSA) is 55.8 Å². The predicted octanol–water partition coefficient (Wildman–Crippen LogP) is 12.3. The molecule has 0 heterocycles. The molecule has 4 bridgehead atoms. The number of halogens is 18. The Balaban J connectivity index is 1.81. The average molecular weight is 843 g/mol. The van der Waals surface area contributed by atoms with E-state index in [1.165, 1.54) is 0 Å². The number of esters is 1. The van der Waals surface area contributed by atoms with Gasteiger partial charge in [-0.25, -0.2) is 4.89 Å². The monoisotopic (exact) mass is 842 g/mol. The van der Waals surface area contributed by atoms with Crippen molar-refractivity contribution in [2.75, 3.05) is 0 Å². The molecule has 0 aliphatic heterocycles. The average Bonchev–Trinajstić information content (AvgIpc) is 2.96. The lowest BCUT2D eigenvalue weighted by Crippen LogP contribution is -2.66. The Hall–Kier alpha value is -1.87. The summed E-state index contributed by atoms with van der Waals surface area (Å²) < 4.78 is 266. The lowest BCUT2D eigenvalue weighted by atomic mass is 9.45. The fourth-order valence-corrected chi connectivity index (χ4v) is 11.0. The van der Waals surface area contributed by atoms with Gasteiger partial charge in [0, 0.05) is 11.8 Å². The van der Waals surface area contributed by atoms with Crippen molar-refractivity contribution < 1.29 is 98.7 Å². The molecular weight excluding hydrogens is 802 g/mol. The maximum absolute atomic E-state index is 15.3. The van der Waals surface area contributed by atoms with Crippen molar-refractivity contribution in [3.05, 3.63) is 0 Å². The molecule has 55 heavy (non-hydrogen) atoms. The molecule has 0 radical (unpaired) electrons. The molecule has 5 fully saturated rings. The Kier molecular flexibility index (Phi) is 11.6. The lowest BCUT2D eigenvalue weighted by molar-refractivity contribution is -0.400. The van der Waals surface area contributed by atoms with Crippen LogP contribution < -0.4 is 0 Å². The van der Waals surface area contributed by atoms with Crippen LogP contribution in [0.3, 0.4) is 0 Å². The summed E-state index contributed by atoms with van der Waals surface area (Å²) in [7, 11) is 0. The second-order valence-corrected chi connectivity index (χ2v) is 16.6. The van der Waals surface area contributed by atoms with E-state index in [-0.39, 0.29) is 50.9 Å². The zero-order valence-electron chi connectivity index (χ0n) is 29.4. The fourth-order valence-electron chi connectivity index (χ4n) is 11.0. The first-order valence-corrected chi connectivity index (χ1v) is 17.5. The Morgan fingerprint density at radius 1 is 0.618 bits per heavy atom. The lowest BCUT2D eigenvalue weighted by Gasteiger charge is -2.62. The minimum Gasteiger partial charge on any atom is -0.449 e. The van der Waals surface area contributed by atoms with E-state index < -0.39 is 127 Å². The molecule has 22 heteroatoms. The SMILES string of the molecule is CCC(CC(C)(OC(=O)C(C1CCC(C(C)(C(F)(F)F)C(F)(F)F)CC1)(C(F)(F)F)C(F)(F)F)C(F)(F)F)(C(OO)C12CC3CC(CC(C3)C1)C2)C(F)(F)F. The van der Waals surface area contributed by atoms with Gasteiger partial charge >= 0.3 is 43.0 Å². The van der Waals surface area contributed by atoms with Gasteiger partial charge in [-0.15, -0.1) is 0 Å². The van der Waals surface area contributed by atoms with Crippen LogP contribution >= 0.6 is 0 Å². The maximum atomic E-state index is 15.3. The molecule has 5 saturated carbocycles. The number of ether oxygens (including phenoxy) is 1. The first-order valence-electron chi connectivity index (χ1n) is 17.5. The van der Waals surface area contributed by atoms with E-state index in [4.69, 9.17) is 0 Å². The van der Waals surface area contributed by atoms with Gasteiger partial charge in [-0.1, -0.05) is 6.92 Å². The maximum Gasteiger partial charge on any atom is 0.428 e. The van der Waals surface area contributed by atoms with Gasteiger partial charge in [0.05, 0.1) is 5.41 Å². The minimum atomic E-state index is -6.99. The Labute approximate surface area is 302 Å². The van der Waals surface area contributed by atoms with Crippen molar-refractivity contribution >= 4 is 5.97 Å². The summed E-state index contributed by atoms with van der Waals surface area (Å²) in [5.41, 5.74) is -21.1. The van der Waals surface area contributed by atoms with Crippen molar-refractivity contribution in [1.82, 2.24) is 0 Å². The number of carbonyl (C=O) groups is 1. The zero-order valence-corrected chi connectivity index (χ0v) is 29.4. The molecule has 3 unspecified atom stereocenters. The molecule has 0 aromatic carbocycles.